The van der Waals surface area contributed by atoms with Crippen molar-refractivity contribution < 1.29 is 4.79 Å². The van der Waals surface area contributed by atoms with Crippen LogP contribution in [0.4, 0.5) is 11.5 Å². The molecule has 2 aromatic heterocycles. The van der Waals surface area contributed by atoms with E-state index >= 15 is 0 Å². The molecule has 5 nitrogen and oxygen atoms in total. The molecule has 1 atom stereocenters. The second kappa shape index (κ2) is 7.08. The lowest BCUT2D eigenvalue weighted by Crippen LogP contribution is -2.38. The van der Waals surface area contributed by atoms with Crippen LogP contribution in [0.25, 0.3) is 0 Å². The van der Waals surface area contributed by atoms with E-state index in [0.29, 0.717) is 12.5 Å². The molecule has 122 valence electrons. The first kappa shape index (κ1) is 15.9. The lowest BCUT2D eigenvalue weighted by molar-refractivity contribution is -0.115. The first-order valence-electron chi connectivity index (χ1n) is 8.04. The number of nitrogens with zero attached hydrogens (tertiary/aromatic N) is 3. The fourth-order valence-corrected chi connectivity index (χ4v) is 3.64. The summed E-state index contributed by atoms with van der Waals surface area (Å²) in [5.41, 5.74) is 3.60. The normalized spacial score (nSPS) is 18.0. The minimum Gasteiger partial charge on any atom is -0.354 e. The molecule has 1 saturated heterocycles. The van der Waals surface area contributed by atoms with Gasteiger partial charge in [0.15, 0.2) is 0 Å². The van der Waals surface area contributed by atoms with Crippen LogP contribution in [0.1, 0.15) is 36.6 Å². The molecule has 2 aromatic rings. The van der Waals surface area contributed by atoms with E-state index in [1.807, 2.05) is 6.07 Å². The molecule has 23 heavy (non-hydrogen) atoms. The molecule has 6 heteroatoms. The zero-order valence-corrected chi connectivity index (χ0v) is 14.4. The average molecular weight is 330 g/mol. The van der Waals surface area contributed by atoms with Crippen LogP contribution in [0.3, 0.4) is 0 Å². The average Bonchev–Trinajstić information content (AvgIpc) is 3.01. The summed E-state index contributed by atoms with van der Waals surface area (Å²) in [4.78, 5) is 24.0. The third-order valence-corrected chi connectivity index (χ3v) is 5.01. The largest absolute Gasteiger partial charge is 0.354 e. The van der Waals surface area contributed by atoms with Gasteiger partial charge in [-0.25, -0.2) is 4.98 Å². The number of nitrogens with one attached hydrogen (secondary N) is 1. The van der Waals surface area contributed by atoms with Gasteiger partial charge in [-0.3, -0.25) is 9.78 Å². The molecule has 0 saturated carbocycles. The van der Waals surface area contributed by atoms with Crippen molar-refractivity contribution in [3.8, 4) is 0 Å². The van der Waals surface area contributed by atoms with Gasteiger partial charge in [0, 0.05) is 23.7 Å². The predicted molar refractivity (Wildman–Crippen MR) is 94.1 cm³/mol. The van der Waals surface area contributed by atoms with Crippen LogP contribution in [-0.2, 0) is 11.2 Å². The molecule has 0 spiro atoms. The molecule has 1 unspecified atom stereocenters. The van der Waals surface area contributed by atoms with Gasteiger partial charge in [-0.1, -0.05) is 0 Å². The quantitative estimate of drug-likeness (QED) is 0.933. The van der Waals surface area contributed by atoms with Crippen molar-refractivity contribution in [2.45, 2.75) is 45.6 Å². The van der Waals surface area contributed by atoms with E-state index in [9.17, 15) is 4.79 Å². The number of aromatic nitrogens is 2. The topological polar surface area (TPSA) is 58.1 Å². The Morgan fingerprint density at radius 1 is 1.43 bits per heavy atom. The second-order valence-electron chi connectivity index (χ2n) is 6.10. The zero-order chi connectivity index (χ0) is 16.2. The Labute approximate surface area is 140 Å². The molecule has 1 N–H and O–H groups in total. The Hall–Kier alpha value is -1.95. The Kier molecular flexibility index (Phi) is 4.91. The summed E-state index contributed by atoms with van der Waals surface area (Å²) in [7, 11) is 0. The first-order chi connectivity index (χ1) is 11.1. The van der Waals surface area contributed by atoms with Crippen molar-refractivity contribution in [3.05, 3.63) is 34.4 Å². The van der Waals surface area contributed by atoms with Gasteiger partial charge in [0.1, 0.15) is 5.82 Å². The van der Waals surface area contributed by atoms with Crippen LogP contribution in [-0.4, -0.2) is 28.5 Å². The fraction of sp³-hybridized carbons (Fsp3) is 0.471. The summed E-state index contributed by atoms with van der Waals surface area (Å²) in [5.74, 6) is 1.01. The van der Waals surface area contributed by atoms with Gasteiger partial charge in [-0.05, 0) is 44.7 Å². The van der Waals surface area contributed by atoms with Gasteiger partial charge in [0.2, 0.25) is 5.91 Å². The van der Waals surface area contributed by atoms with Gasteiger partial charge in [0.05, 0.1) is 23.8 Å². The maximum Gasteiger partial charge on any atom is 0.229 e. The number of thiazole rings is 1. The molecule has 0 aliphatic carbocycles. The molecular weight excluding hydrogens is 308 g/mol. The van der Waals surface area contributed by atoms with Crippen molar-refractivity contribution in [2.24, 2.45) is 0 Å². The van der Waals surface area contributed by atoms with Gasteiger partial charge in [-0.2, -0.15) is 0 Å². The Morgan fingerprint density at radius 2 is 2.30 bits per heavy atom. The molecule has 3 heterocycles. The summed E-state index contributed by atoms with van der Waals surface area (Å²) in [5, 5.41) is 2.92. The van der Waals surface area contributed by atoms with Crippen molar-refractivity contribution in [3.63, 3.8) is 0 Å². The third-order valence-electron chi connectivity index (χ3n) is 4.23. The predicted octanol–water partition coefficient (Wildman–Crippen LogP) is 3.41. The van der Waals surface area contributed by atoms with Gasteiger partial charge < -0.3 is 10.2 Å². The zero-order valence-electron chi connectivity index (χ0n) is 13.6. The van der Waals surface area contributed by atoms with Crippen molar-refractivity contribution in [1.29, 1.82) is 0 Å². The molecular formula is C17H22N4OS. The van der Waals surface area contributed by atoms with Crippen molar-refractivity contribution in [1.82, 2.24) is 9.97 Å². The number of piperidine rings is 1. The number of hydrogen-bond donors (Lipinski definition) is 1. The highest BCUT2D eigenvalue weighted by atomic mass is 32.1. The Morgan fingerprint density at radius 3 is 3.00 bits per heavy atom. The van der Waals surface area contributed by atoms with Crippen LogP contribution in [0.5, 0.6) is 0 Å². The van der Waals surface area contributed by atoms with Crippen LogP contribution >= 0.6 is 11.3 Å². The number of anilines is 2. The fourth-order valence-electron chi connectivity index (χ4n) is 3.04. The SMILES string of the molecule is Cc1cc(NC(=O)Cc2cncs2)cnc1N1CCCCC1C. The molecule has 1 amide bonds. The van der Waals surface area contributed by atoms with Crippen molar-refractivity contribution >= 4 is 28.7 Å². The molecule has 3 rings (SSSR count). The number of aryl methyl sites for hydroxylation is 1. The highest BCUT2D eigenvalue weighted by molar-refractivity contribution is 7.09. The molecule has 0 bridgehead atoms. The van der Waals surface area contributed by atoms with E-state index in [4.69, 9.17) is 0 Å². The molecule has 1 aliphatic heterocycles. The van der Waals surface area contributed by atoms with Gasteiger partial charge >= 0.3 is 0 Å². The monoisotopic (exact) mass is 330 g/mol. The molecule has 1 aliphatic rings. The lowest BCUT2D eigenvalue weighted by Gasteiger charge is -2.35. The number of amides is 1. The van der Waals surface area contributed by atoms with E-state index in [1.165, 1.54) is 30.6 Å². The van der Waals surface area contributed by atoms with E-state index in [-0.39, 0.29) is 5.91 Å². The van der Waals surface area contributed by atoms with Gasteiger partial charge in [0.25, 0.3) is 0 Å². The molecule has 1 fully saturated rings. The van der Waals surface area contributed by atoms with Crippen molar-refractivity contribution in [2.75, 3.05) is 16.8 Å². The lowest BCUT2D eigenvalue weighted by atomic mass is 10.0. The summed E-state index contributed by atoms with van der Waals surface area (Å²) in [6.45, 7) is 5.37. The van der Waals surface area contributed by atoms with E-state index in [1.54, 1.807) is 17.9 Å². The number of hydrogen-bond acceptors (Lipinski definition) is 5. The summed E-state index contributed by atoms with van der Waals surface area (Å²) in [6.07, 6.45) is 7.58. The number of rotatable bonds is 4. The van der Waals surface area contributed by atoms with E-state index in [0.717, 1.165) is 28.5 Å². The molecule has 0 aromatic carbocycles. The highest BCUT2D eigenvalue weighted by Gasteiger charge is 2.21. The minimum atomic E-state index is -0.0328. The Balaban J connectivity index is 1.68. The van der Waals surface area contributed by atoms with E-state index in [2.05, 4.69) is 34.0 Å². The summed E-state index contributed by atoms with van der Waals surface area (Å²) in [6, 6.07) is 2.54. The first-order valence-corrected chi connectivity index (χ1v) is 8.92. The van der Waals surface area contributed by atoms with Gasteiger partial charge in [-0.15, -0.1) is 11.3 Å². The second-order valence-corrected chi connectivity index (χ2v) is 7.07. The smallest absolute Gasteiger partial charge is 0.229 e. The third kappa shape index (κ3) is 3.88. The number of carbonyl (C=O) groups excluding carboxylic acids is 1. The van der Waals surface area contributed by atoms with Crippen LogP contribution < -0.4 is 10.2 Å². The van der Waals surface area contributed by atoms with Crippen LogP contribution in [0.15, 0.2) is 24.0 Å². The summed E-state index contributed by atoms with van der Waals surface area (Å²) >= 11 is 1.49. The standard InChI is InChI=1S/C17H22N4OS/c1-12-7-14(20-16(22)8-15-10-18-11-23-15)9-19-17(12)21-6-4-3-5-13(21)2/h7,9-11,13H,3-6,8H2,1-2H3,(H,20,22). The Bertz CT molecular complexity index is 671. The minimum absolute atomic E-state index is 0.0328. The number of pyridine rings is 1. The number of carbonyl (C=O) groups is 1. The maximum atomic E-state index is 12.1. The highest BCUT2D eigenvalue weighted by Crippen LogP contribution is 2.27. The van der Waals surface area contributed by atoms with Crippen LogP contribution in [0.2, 0.25) is 0 Å². The molecule has 0 radical (unpaired) electrons. The van der Waals surface area contributed by atoms with Crippen LogP contribution in [0, 0.1) is 6.92 Å². The maximum absolute atomic E-state index is 12.1. The summed E-state index contributed by atoms with van der Waals surface area (Å²) < 4.78 is 0. The van der Waals surface area contributed by atoms with E-state index < -0.39 is 0 Å².